The van der Waals surface area contributed by atoms with Gasteiger partial charge in [0, 0.05) is 50.0 Å². The van der Waals surface area contributed by atoms with Crippen molar-refractivity contribution in [2.45, 2.75) is 26.2 Å². The van der Waals surface area contributed by atoms with E-state index in [1.54, 1.807) is 0 Å². The fraction of sp³-hybridized carbons (Fsp3) is 0.647. The molecule has 1 saturated heterocycles. The van der Waals surface area contributed by atoms with Gasteiger partial charge >= 0.3 is 0 Å². The Hall–Kier alpha value is -0.770. The lowest BCUT2D eigenvalue weighted by atomic mass is 10.2. The second kappa shape index (κ2) is 9.29. The molecule has 0 unspecified atom stereocenters. The number of hydrogen-bond donors (Lipinski definition) is 1. The molecule has 0 atom stereocenters. The summed E-state index contributed by atoms with van der Waals surface area (Å²) in [6, 6.07) is 8.19. The van der Waals surface area contributed by atoms with Crippen LogP contribution >= 0.6 is 11.6 Å². The molecule has 0 bridgehead atoms. The molecule has 21 heavy (non-hydrogen) atoms. The van der Waals surface area contributed by atoms with Crippen molar-refractivity contribution < 1.29 is 0 Å². The molecular formula is C17H28ClN3. The molecule has 3 nitrogen and oxygen atoms in total. The zero-order chi connectivity index (χ0) is 14.9. The van der Waals surface area contributed by atoms with E-state index in [4.69, 9.17) is 11.6 Å². The van der Waals surface area contributed by atoms with E-state index in [1.807, 2.05) is 12.1 Å². The summed E-state index contributed by atoms with van der Waals surface area (Å²) in [5.41, 5.74) is 1.29. The highest BCUT2D eigenvalue weighted by molar-refractivity contribution is 6.30. The first-order valence-electron chi connectivity index (χ1n) is 8.23. The predicted octanol–water partition coefficient (Wildman–Crippen LogP) is 3.24. The van der Waals surface area contributed by atoms with Crippen molar-refractivity contribution in [3.05, 3.63) is 29.3 Å². The van der Waals surface area contributed by atoms with Crippen molar-refractivity contribution in [2.24, 2.45) is 0 Å². The largest absolute Gasteiger partial charge is 0.369 e. The molecule has 0 spiro atoms. The van der Waals surface area contributed by atoms with Crippen molar-refractivity contribution in [3.8, 4) is 0 Å². The average Bonchev–Trinajstić information content (AvgIpc) is 2.52. The first-order valence-corrected chi connectivity index (χ1v) is 8.61. The summed E-state index contributed by atoms with van der Waals surface area (Å²) in [6.07, 6.45) is 3.95. The number of benzene rings is 1. The van der Waals surface area contributed by atoms with Gasteiger partial charge in [-0.1, -0.05) is 31.4 Å². The Kier molecular flexibility index (Phi) is 7.34. The lowest BCUT2D eigenvalue weighted by Crippen LogP contribution is -2.48. The van der Waals surface area contributed by atoms with Crippen LogP contribution in [0.4, 0.5) is 5.69 Å². The summed E-state index contributed by atoms with van der Waals surface area (Å²) in [7, 11) is 0. The van der Waals surface area contributed by atoms with Crippen LogP contribution in [0.1, 0.15) is 26.2 Å². The number of hydrogen-bond acceptors (Lipinski definition) is 3. The van der Waals surface area contributed by atoms with Crippen molar-refractivity contribution in [2.75, 3.05) is 50.7 Å². The van der Waals surface area contributed by atoms with E-state index in [-0.39, 0.29) is 0 Å². The molecular weight excluding hydrogens is 282 g/mol. The molecule has 0 radical (unpaired) electrons. The minimum Gasteiger partial charge on any atom is -0.369 e. The topological polar surface area (TPSA) is 18.5 Å². The summed E-state index contributed by atoms with van der Waals surface area (Å²) in [5, 5.41) is 4.36. The van der Waals surface area contributed by atoms with Gasteiger partial charge in [0.05, 0.1) is 0 Å². The highest BCUT2D eigenvalue weighted by Crippen LogP contribution is 2.19. The smallest absolute Gasteiger partial charge is 0.0407 e. The van der Waals surface area contributed by atoms with Gasteiger partial charge in [-0.2, -0.15) is 0 Å². The Morgan fingerprint density at radius 1 is 1.00 bits per heavy atom. The Bertz CT molecular complexity index is 386. The van der Waals surface area contributed by atoms with Gasteiger partial charge < -0.3 is 10.2 Å². The van der Waals surface area contributed by atoms with Gasteiger partial charge in [0.25, 0.3) is 0 Å². The summed E-state index contributed by atoms with van der Waals surface area (Å²) in [4.78, 5) is 5.00. The molecule has 0 aliphatic carbocycles. The van der Waals surface area contributed by atoms with E-state index in [0.717, 1.165) is 37.7 Å². The van der Waals surface area contributed by atoms with Gasteiger partial charge in [-0.25, -0.2) is 0 Å². The standard InChI is InChI=1S/C17H28ClN3/c1-2-3-4-9-19-10-11-20-12-14-21(15-13-20)17-7-5-16(18)6-8-17/h5-8,19H,2-4,9-15H2,1H3. The number of anilines is 1. The molecule has 1 heterocycles. The summed E-state index contributed by atoms with van der Waals surface area (Å²) in [5.74, 6) is 0. The summed E-state index contributed by atoms with van der Waals surface area (Å²) < 4.78 is 0. The van der Waals surface area contributed by atoms with Crippen molar-refractivity contribution >= 4 is 17.3 Å². The number of halogens is 1. The zero-order valence-electron chi connectivity index (χ0n) is 13.2. The van der Waals surface area contributed by atoms with Crippen LogP contribution in [0.25, 0.3) is 0 Å². The number of piperazine rings is 1. The third-order valence-electron chi connectivity index (χ3n) is 4.13. The lowest BCUT2D eigenvalue weighted by molar-refractivity contribution is 0.257. The molecule has 4 heteroatoms. The molecule has 0 amide bonds. The van der Waals surface area contributed by atoms with Crippen molar-refractivity contribution in [1.82, 2.24) is 10.2 Å². The van der Waals surface area contributed by atoms with E-state index in [1.165, 1.54) is 38.0 Å². The molecule has 1 aromatic carbocycles. The van der Waals surface area contributed by atoms with Crippen LogP contribution in [-0.4, -0.2) is 50.7 Å². The Labute approximate surface area is 134 Å². The van der Waals surface area contributed by atoms with Gasteiger partial charge in [0.15, 0.2) is 0 Å². The summed E-state index contributed by atoms with van der Waals surface area (Å²) in [6.45, 7) is 10.2. The van der Waals surface area contributed by atoms with E-state index in [9.17, 15) is 0 Å². The van der Waals surface area contributed by atoms with Crippen LogP contribution < -0.4 is 10.2 Å². The van der Waals surface area contributed by atoms with Crippen LogP contribution in [-0.2, 0) is 0 Å². The zero-order valence-corrected chi connectivity index (χ0v) is 13.9. The maximum Gasteiger partial charge on any atom is 0.0407 e. The molecule has 1 N–H and O–H groups in total. The number of rotatable bonds is 8. The quantitative estimate of drug-likeness (QED) is 0.744. The predicted molar refractivity (Wildman–Crippen MR) is 92.5 cm³/mol. The number of nitrogens with one attached hydrogen (secondary N) is 1. The fourth-order valence-electron chi connectivity index (χ4n) is 2.74. The third kappa shape index (κ3) is 5.85. The van der Waals surface area contributed by atoms with Crippen LogP contribution in [0, 0.1) is 0 Å². The van der Waals surface area contributed by atoms with Crippen LogP contribution in [0.5, 0.6) is 0 Å². The van der Waals surface area contributed by atoms with E-state index >= 15 is 0 Å². The van der Waals surface area contributed by atoms with Gasteiger partial charge in [0.1, 0.15) is 0 Å². The average molecular weight is 310 g/mol. The summed E-state index contributed by atoms with van der Waals surface area (Å²) >= 11 is 5.94. The first-order chi connectivity index (χ1) is 10.3. The van der Waals surface area contributed by atoms with Crippen molar-refractivity contribution in [3.63, 3.8) is 0 Å². The van der Waals surface area contributed by atoms with Gasteiger partial charge in [0.2, 0.25) is 0 Å². The highest BCUT2D eigenvalue weighted by Gasteiger charge is 2.16. The normalized spacial score (nSPS) is 16.4. The van der Waals surface area contributed by atoms with Crippen LogP contribution in [0.15, 0.2) is 24.3 Å². The second-order valence-corrected chi connectivity index (χ2v) is 6.20. The number of nitrogens with zero attached hydrogens (tertiary/aromatic N) is 2. The molecule has 1 fully saturated rings. The maximum atomic E-state index is 5.94. The molecule has 118 valence electrons. The third-order valence-corrected chi connectivity index (χ3v) is 4.38. The minimum absolute atomic E-state index is 0.812. The fourth-order valence-corrected chi connectivity index (χ4v) is 2.87. The van der Waals surface area contributed by atoms with Gasteiger partial charge in [-0.05, 0) is 37.2 Å². The Morgan fingerprint density at radius 3 is 2.38 bits per heavy atom. The van der Waals surface area contributed by atoms with Crippen LogP contribution in [0.3, 0.4) is 0 Å². The van der Waals surface area contributed by atoms with E-state index < -0.39 is 0 Å². The highest BCUT2D eigenvalue weighted by atomic mass is 35.5. The maximum absolute atomic E-state index is 5.94. The van der Waals surface area contributed by atoms with Crippen molar-refractivity contribution in [1.29, 1.82) is 0 Å². The minimum atomic E-state index is 0.812. The lowest BCUT2D eigenvalue weighted by Gasteiger charge is -2.36. The molecule has 1 aliphatic heterocycles. The van der Waals surface area contributed by atoms with Gasteiger partial charge in [-0.15, -0.1) is 0 Å². The van der Waals surface area contributed by atoms with Crippen LogP contribution in [0.2, 0.25) is 5.02 Å². The Balaban J connectivity index is 1.61. The molecule has 1 aromatic rings. The van der Waals surface area contributed by atoms with E-state index in [0.29, 0.717) is 0 Å². The monoisotopic (exact) mass is 309 g/mol. The molecule has 0 aromatic heterocycles. The molecule has 0 saturated carbocycles. The Morgan fingerprint density at radius 2 is 1.71 bits per heavy atom. The number of unbranched alkanes of at least 4 members (excludes halogenated alkanes) is 2. The van der Waals surface area contributed by atoms with Gasteiger partial charge in [-0.3, -0.25) is 4.90 Å². The second-order valence-electron chi connectivity index (χ2n) is 5.76. The first kappa shape index (κ1) is 16.6. The SMILES string of the molecule is CCCCCNCCN1CCN(c2ccc(Cl)cc2)CC1. The van der Waals surface area contributed by atoms with E-state index in [2.05, 4.69) is 34.2 Å². The molecule has 1 aliphatic rings. The molecule has 2 rings (SSSR count).